The van der Waals surface area contributed by atoms with Gasteiger partial charge in [0, 0.05) is 19.0 Å². The van der Waals surface area contributed by atoms with Gasteiger partial charge in [-0.05, 0) is 25.7 Å². The molecule has 18 heavy (non-hydrogen) atoms. The van der Waals surface area contributed by atoms with Crippen LogP contribution in [0.1, 0.15) is 44.9 Å². The minimum absolute atomic E-state index is 0.0693. The van der Waals surface area contributed by atoms with Crippen molar-refractivity contribution in [2.24, 2.45) is 0 Å². The number of halogens is 3. The van der Waals surface area contributed by atoms with E-state index in [4.69, 9.17) is 0 Å². The van der Waals surface area contributed by atoms with E-state index in [0.717, 1.165) is 12.8 Å². The van der Waals surface area contributed by atoms with Crippen molar-refractivity contribution in [2.75, 3.05) is 13.1 Å². The Morgan fingerprint density at radius 1 is 1.17 bits per heavy atom. The van der Waals surface area contributed by atoms with Crippen molar-refractivity contribution in [2.45, 2.75) is 57.2 Å². The zero-order chi connectivity index (χ0) is 13.4. The van der Waals surface area contributed by atoms with Crippen LogP contribution < -0.4 is 10.6 Å². The summed E-state index contributed by atoms with van der Waals surface area (Å²) in [4.78, 5) is 11.4. The molecule has 1 saturated carbocycles. The number of unbranched alkanes of at least 4 members (excludes halogenated alkanes) is 1. The van der Waals surface area contributed by atoms with Crippen molar-refractivity contribution in [3.05, 3.63) is 0 Å². The van der Waals surface area contributed by atoms with E-state index in [2.05, 4.69) is 10.6 Å². The van der Waals surface area contributed by atoms with Crippen LogP contribution in [0.4, 0.5) is 13.2 Å². The van der Waals surface area contributed by atoms with E-state index in [1.54, 1.807) is 0 Å². The summed E-state index contributed by atoms with van der Waals surface area (Å²) < 4.78 is 35.5. The summed E-state index contributed by atoms with van der Waals surface area (Å²) in [6.45, 7) is 0.588. The lowest BCUT2D eigenvalue weighted by Crippen LogP contribution is -2.38. The summed E-state index contributed by atoms with van der Waals surface area (Å²) >= 11 is 0. The summed E-state index contributed by atoms with van der Waals surface area (Å²) in [5.41, 5.74) is 0. The van der Waals surface area contributed by atoms with Gasteiger partial charge < -0.3 is 10.6 Å². The van der Waals surface area contributed by atoms with Crippen molar-refractivity contribution >= 4 is 5.91 Å². The minimum Gasteiger partial charge on any atom is -0.355 e. The van der Waals surface area contributed by atoms with Gasteiger partial charge in [-0.25, -0.2) is 0 Å². The van der Waals surface area contributed by atoms with E-state index in [1.165, 1.54) is 12.8 Å². The van der Waals surface area contributed by atoms with E-state index in [9.17, 15) is 18.0 Å². The van der Waals surface area contributed by atoms with Crippen LogP contribution in [-0.4, -0.2) is 31.2 Å². The van der Waals surface area contributed by atoms with Gasteiger partial charge in [-0.2, -0.15) is 13.2 Å². The average molecular weight is 266 g/mol. The number of carbonyl (C=O) groups is 1. The summed E-state index contributed by atoms with van der Waals surface area (Å²) in [6, 6.07) is 0.431. The largest absolute Gasteiger partial charge is 0.389 e. The molecule has 0 aromatic carbocycles. The Morgan fingerprint density at radius 3 is 2.44 bits per heavy atom. The third-order valence-electron chi connectivity index (χ3n) is 3.12. The van der Waals surface area contributed by atoms with Crippen molar-refractivity contribution in [1.29, 1.82) is 0 Å². The first-order chi connectivity index (χ1) is 8.47. The monoisotopic (exact) mass is 266 g/mol. The van der Waals surface area contributed by atoms with Gasteiger partial charge in [0.05, 0.1) is 6.54 Å². The van der Waals surface area contributed by atoms with E-state index in [1.807, 2.05) is 0 Å². The molecule has 0 spiro atoms. The zero-order valence-electron chi connectivity index (χ0n) is 10.5. The molecular formula is C12H21F3N2O. The van der Waals surface area contributed by atoms with Crippen molar-refractivity contribution in [3.8, 4) is 0 Å². The SMILES string of the molecule is O=C(CNC1CCCC1)NCCCCC(F)(F)F. The lowest BCUT2D eigenvalue weighted by Gasteiger charge is -2.11. The molecule has 0 aromatic rings. The first kappa shape index (κ1) is 15.3. The van der Waals surface area contributed by atoms with Gasteiger partial charge >= 0.3 is 6.18 Å². The standard InChI is InChI=1S/C12H21F3N2O/c13-12(14,15)7-3-4-8-16-11(18)9-17-10-5-1-2-6-10/h10,17H,1-9H2,(H,16,18). The van der Waals surface area contributed by atoms with Gasteiger partial charge in [-0.1, -0.05) is 12.8 Å². The highest BCUT2D eigenvalue weighted by atomic mass is 19.4. The molecule has 1 aliphatic rings. The summed E-state index contributed by atoms with van der Waals surface area (Å²) in [5.74, 6) is -0.131. The predicted octanol–water partition coefficient (Wildman–Crippen LogP) is 2.37. The quantitative estimate of drug-likeness (QED) is 0.695. The Hall–Kier alpha value is -0.780. The molecule has 0 atom stereocenters. The van der Waals surface area contributed by atoms with Crippen LogP contribution >= 0.6 is 0 Å². The molecule has 0 saturated heterocycles. The maximum Gasteiger partial charge on any atom is 0.389 e. The van der Waals surface area contributed by atoms with Crippen LogP contribution in [0.15, 0.2) is 0 Å². The zero-order valence-corrected chi connectivity index (χ0v) is 10.5. The molecule has 3 nitrogen and oxygen atoms in total. The topological polar surface area (TPSA) is 41.1 Å². The highest BCUT2D eigenvalue weighted by Gasteiger charge is 2.25. The Labute approximate surface area is 106 Å². The number of alkyl halides is 3. The second-order valence-corrected chi connectivity index (χ2v) is 4.78. The van der Waals surface area contributed by atoms with Crippen molar-refractivity contribution in [1.82, 2.24) is 10.6 Å². The Balaban J connectivity index is 1.93. The van der Waals surface area contributed by atoms with Crippen LogP contribution in [0.2, 0.25) is 0 Å². The summed E-state index contributed by atoms with van der Waals surface area (Å²) in [6.07, 6.45) is 0.205. The summed E-state index contributed by atoms with van der Waals surface area (Å²) in [5, 5.41) is 5.78. The second kappa shape index (κ2) is 7.61. The van der Waals surface area contributed by atoms with Gasteiger partial charge in [0.2, 0.25) is 5.91 Å². The summed E-state index contributed by atoms with van der Waals surface area (Å²) in [7, 11) is 0. The van der Waals surface area contributed by atoms with Crippen LogP contribution in [0, 0.1) is 0 Å². The number of hydrogen-bond acceptors (Lipinski definition) is 2. The Morgan fingerprint density at radius 2 is 1.83 bits per heavy atom. The van der Waals surface area contributed by atoms with Gasteiger partial charge in [0.25, 0.3) is 0 Å². The van der Waals surface area contributed by atoms with E-state index >= 15 is 0 Å². The Bertz CT molecular complexity index is 250. The van der Waals surface area contributed by atoms with E-state index < -0.39 is 12.6 Å². The molecule has 1 rings (SSSR count). The molecule has 1 aliphatic carbocycles. The fraction of sp³-hybridized carbons (Fsp3) is 0.917. The molecular weight excluding hydrogens is 245 g/mol. The van der Waals surface area contributed by atoms with Gasteiger partial charge in [-0.3, -0.25) is 4.79 Å². The number of rotatable bonds is 7. The first-order valence-electron chi connectivity index (χ1n) is 6.54. The molecule has 0 aliphatic heterocycles. The molecule has 0 heterocycles. The molecule has 1 amide bonds. The smallest absolute Gasteiger partial charge is 0.355 e. The fourth-order valence-electron chi connectivity index (χ4n) is 2.11. The van der Waals surface area contributed by atoms with E-state index in [0.29, 0.717) is 19.0 Å². The third-order valence-corrected chi connectivity index (χ3v) is 3.12. The van der Waals surface area contributed by atoms with Crippen LogP contribution in [0.25, 0.3) is 0 Å². The molecule has 0 radical (unpaired) electrons. The highest BCUT2D eigenvalue weighted by Crippen LogP contribution is 2.21. The van der Waals surface area contributed by atoms with Crippen LogP contribution in [0.5, 0.6) is 0 Å². The average Bonchev–Trinajstić information content (AvgIpc) is 2.77. The van der Waals surface area contributed by atoms with Crippen LogP contribution in [-0.2, 0) is 4.79 Å². The van der Waals surface area contributed by atoms with Crippen molar-refractivity contribution < 1.29 is 18.0 Å². The van der Waals surface area contributed by atoms with E-state index in [-0.39, 0.29) is 18.9 Å². The lowest BCUT2D eigenvalue weighted by molar-refractivity contribution is -0.135. The number of hydrogen-bond donors (Lipinski definition) is 2. The lowest BCUT2D eigenvalue weighted by atomic mass is 10.2. The Kier molecular flexibility index (Phi) is 6.46. The van der Waals surface area contributed by atoms with Gasteiger partial charge in [0.1, 0.15) is 0 Å². The maximum absolute atomic E-state index is 11.8. The normalized spacial score (nSPS) is 17.1. The van der Waals surface area contributed by atoms with Crippen molar-refractivity contribution in [3.63, 3.8) is 0 Å². The molecule has 6 heteroatoms. The number of amides is 1. The molecule has 106 valence electrons. The second-order valence-electron chi connectivity index (χ2n) is 4.78. The first-order valence-corrected chi connectivity index (χ1v) is 6.54. The highest BCUT2D eigenvalue weighted by molar-refractivity contribution is 5.77. The minimum atomic E-state index is -4.09. The van der Waals surface area contributed by atoms with Crippen LogP contribution in [0.3, 0.4) is 0 Å². The molecule has 1 fully saturated rings. The molecule has 0 bridgehead atoms. The number of nitrogens with one attached hydrogen (secondary N) is 2. The molecule has 0 unspecified atom stereocenters. The third kappa shape index (κ3) is 7.53. The van der Waals surface area contributed by atoms with Gasteiger partial charge in [0.15, 0.2) is 0 Å². The fourth-order valence-corrected chi connectivity index (χ4v) is 2.11. The number of carbonyl (C=O) groups excluding carboxylic acids is 1. The maximum atomic E-state index is 11.8. The molecule has 0 aromatic heterocycles. The predicted molar refractivity (Wildman–Crippen MR) is 63.2 cm³/mol. The van der Waals surface area contributed by atoms with Gasteiger partial charge in [-0.15, -0.1) is 0 Å². The molecule has 2 N–H and O–H groups in total.